The summed E-state index contributed by atoms with van der Waals surface area (Å²) in [6.07, 6.45) is 2.87. The minimum absolute atomic E-state index is 0.840. The Morgan fingerprint density at radius 1 is 1.38 bits per heavy atom. The van der Waals surface area contributed by atoms with Gasteiger partial charge in [-0.3, -0.25) is 4.68 Å². The van der Waals surface area contributed by atoms with E-state index in [9.17, 15) is 0 Å². The number of nitrogens with zero attached hydrogens (tertiary/aromatic N) is 4. The number of aromatic nitrogens is 4. The molecule has 0 amide bonds. The van der Waals surface area contributed by atoms with Gasteiger partial charge in [-0.1, -0.05) is 6.92 Å². The van der Waals surface area contributed by atoms with Gasteiger partial charge in [0, 0.05) is 19.3 Å². The predicted molar refractivity (Wildman–Crippen MR) is 65.6 cm³/mol. The van der Waals surface area contributed by atoms with Crippen LogP contribution in [0.3, 0.4) is 0 Å². The third-order valence-corrected chi connectivity index (χ3v) is 2.82. The van der Waals surface area contributed by atoms with Crippen LogP contribution in [0.25, 0.3) is 11.4 Å². The zero-order valence-electron chi connectivity index (χ0n) is 9.47. The van der Waals surface area contributed by atoms with Gasteiger partial charge in [0.15, 0.2) is 5.82 Å². The maximum Gasteiger partial charge on any atom is 0.169 e. The first-order valence-electron chi connectivity index (χ1n) is 5.45. The van der Waals surface area contributed by atoms with Crippen molar-refractivity contribution >= 4 is 17.5 Å². The number of hydrogen-bond donors (Lipinski definition) is 1. The van der Waals surface area contributed by atoms with E-state index in [0.717, 1.165) is 36.7 Å². The highest BCUT2D eigenvalue weighted by Crippen LogP contribution is 2.25. The van der Waals surface area contributed by atoms with Crippen molar-refractivity contribution < 1.29 is 0 Å². The molecule has 86 valence electrons. The monoisotopic (exact) mass is 237 g/mol. The Morgan fingerprint density at radius 2 is 2.25 bits per heavy atom. The third kappa shape index (κ3) is 2.06. The number of aryl methyl sites for hydroxylation is 1. The maximum atomic E-state index is 4.33. The van der Waals surface area contributed by atoms with Gasteiger partial charge in [-0.25, -0.2) is 0 Å². The lowest BCUT2D eigenvalue weighted by atomic mass is 10.3. The number of hydrogen-bond acceptors (Lipinski definition) is 5. The molecule has 1 N–H and O–H groups in total. The molecule has 0 radical (unpaired) electrons. The molecule has 0 spiro atoms. The van der Waals surface area contributed by atoms with Gasteiger partial charge in [-0.05, 0) is 19.4 Å². The predicted octanol–water partition coefficient (Wildman–Crippen LogP) is 2.24. The molecule has 0 bridgehead atoms. The number of rotatable bonds is 5. The van der Waals surface area contributed by atoms with E-state index in [0.29, 0.717) is 0 Å². The van der Waals surface area contributed by atoms with Crippen LogP contribution in [0.15, 0.2) is 12.3 Å². The Hall–Kier alpha value is -1.43. The summed E-state index contributed by atoms with van der Waals surface area (Å²) in [5.74, 6) is 0.863. The van der Waals surface area contributed by atoms with Crippen molar-refractivity contribution in [2.45, 2.75) is 26.8 Å². The summed E-state index contributed by atoms with van der Waals surface area (Å²) in [6, 6.07) is 1.97. The van der Waals surface area contributed by atoms with Crippen LogP contribution in [0.5, 0.6) is 0 Å². The zero-order chi connectivity index (χ0) is 11.4. The second kappa shape index (κ2) is 5.07. The summed E-state index contributed by atoms with van der Waals surface area (Å²) >= 11 is 1.23. The second-order valence-corrected chi connectivity index (χ2v) is 3.95. The molecule has 5 nitrogen and oxygen atoms in total. The van der Waals surface area contributed by atoms with Crippen LogP contribution in [0, 0.1) is 0 Å². The largest absolute Gasteiger partial charge is 0.367 e. The van der Waals surface area contributed by atoms with Crippen molar-refractivity contribution in [1.29, 1.82) is 0 Å². The fourth-order valence-corrected chi connectivity index (χ4v) is 2.04. The van der Waals surface area contributed by atoms with Crippen molar-refractivity contribution in [3.63, 3.8) is 0 Å². The van der Waals surface area contributed by atoms with Gasteiger partial charge in [-0.2, -0.15) is 13.8 Å². The van der Waals surface area contributed by atoms with Crippen molar-refractivity contribution in [3.8, 4) is 11.4 Å². The first-order valence-corrected chi connectivity index (χ1v) is 6.18. The van der Waals surface area contributed by atoms with Gasteiger partial charge in [0.1, 0.15) is 5.69 Å². The summed E-state index contributed by atoms with van der Waals surface area (Å²) in [4.78, 5) is 0. The Morgan fingerprint density at radius 3 is 3.00 bits per heavy atom. The molecular weight excluding hydrogens is 222 g/mol. The molecule has 0 saturated carbocycles. The van der Waals surface area contributed by atoms with E-state index in [1.54, 1.807) is 6.20 Å². The standard InChI is InChI=1S/C10H15N5S/c1-3-6-11-10-9(13-16-14-10)8-5-7-12-15(8)4-2/h5,7H,3-4,6H2,1-2H3,(H,11,14). The first-order chi connectivity index (χ1) is 7.86. The van der Waals surface area contributed by atoms with Gasteiger partial charge in [0.25, 0.3) is 0 Å². The molecule has 0 aliphatic carbocycles. The van der Waals surface area contributed by atoms with E-state index in [1.807, 2.05) is 10.7 Å². The Kier molecular flexibility index (Phi) is 3.51. The van der Waals surface area contributed by atoms with E-state index in [1.165, 1.54) is 11.7 Å². The highest BCUT2D eigenvalue weighted by atomic mass is 32.1. The molecule has 0 saturated heterocycles. The quantitative estimate of drug-likeness (QED) is 0.866. The van der Waals surface area contributed by atoms with Crippen LogP contribution in [0.1, 0.15) is 20.3 Å². The zero-order valence-corrected chi connectivity index (χ0v) is 10.3. The number of nitrogens with one attached hydrogen (secondary N) is 1. The first kappa shape index (κ1) is 11.1. The van der Waals surface area contributed by atoms with E-state index >= 15 is 0 Å². The van der Waals surface area contributed by atoms with E-state index in [4.69, 9.17) is 0 Å². The highest BCUT2D eigenvalue weighted by Gasteiger charge is 2.13. The third-order valence-electron chi connectivity index (χ3n) is 2.29. The minimum atomic E-state index is 0.840. The van der Waals surface area contributed by atoms with E-state index < -0.39 is 0 Å². The van der Waals surface area contributed by atoms with E-state index in [-0.39, 0.29) is 0 Å². The van der Waals surface area contributed by atoms with E-state index in [2.05, 4.69) is 33.0 Å². The van der Waals surface area contributed by atoms with Crippen LogP contribution in [0.4, 0.5) is 5.82 Å². The fraction of sp³-hybridized carbons (Fsp3) is 0.500. The van der Waals surface area contributed by atoms with Gasteiger partial charge in [-0.15, -0.1) is 0 Å². The molecule has 0 aliphatic rings. The topological polar surface area (TPSA) is 55.6 Å². The summed E-state index contributed by atoms with van der Waals surface area (Å²) in [6.45, 7) is 5.95. The summed E-state index contributed by atoms with van der Waals surface area (Å²) < 4.78 is 10.5. The molecule has 0 aliphatic heterocycles. The summed E-state index contributed by atoms with van der Waals surface area (Å²) in [5, 5.41) is 7.52. The van der Waals surface area contributed by atoms with Gasteiger partial charge < -0.3 is 5.32 Å². The average molecular weight is 237 g/mol. The molecule has 2 aromatic rings. The van der Waals surface area contributed by atoms with Crippen LogP contribution in [0.2, 0.25) is 0 Å². The lowest BCUT2D eigenvalue weighted by molar-refractivity contribution is 0.666. The van der Waals surface area contributed by atoms with Crippen molar-refractivity contribution in [3.05, 3.63) is 12.3 Å². The summed E-state index contributed by atoms with van der Waals surface area (Å²) in [5.41, 5.74) is 1.92. The fourth-order valence-electron chi connectivity index (χ4n) is 1.50. The molecule has 6 heteroatoms. The lowest BCUT2D eigenvalue weighted by Crippen LogP contribution is -2.04. The maximum absolute atomic E-state index is 4.33. The minimum Gasteiger partial charge on any atom is -0.367 e. The summed E-state index contributed by atoms with van der Waals surface area (Å²) in [7, 11) is 0. The van der Waals surface area contributed by atoms with Crippen molar-refractivity contribution in [2.75, 3.05) is 11.9 Å². The SMILES string of the molecule is CCCNc1nsnc1-c1ccnn1CC. The van der Waals surface area contributed by atoms with Crippen LogP contribution < -0.4 is 5.32 Å². The van der Waals surface area contributed by atoms with Crippen LogP contribution >= 0.6 is 11.7 Å². The highest BCUT2D eigenvalue weighted by molar-refractivity contribution is 6.99. The van der Waals surface area contributed by atoms with Gasteiger partial charge in [0.2, 0.25) is 0 Å². The molecular formula is C10H15N5S. The Bertz CT molecular complexity index is 448. The normalized spacial score (nSPS) is 10.6. The van der Waals surface area contributed by atoms with Crippen LogP contribution in [-0.2, 0) is 6.54 Å². The molecule has 16 heavy (non-hydrogen) atoms. The molecule has 0 fully saturated rings. The average Bonchev–Trinajstić information content (AvgIpc) is 2.93. The molecule has 2 heterocycles. The smallest absolute Gasteiger partial charge is 0.169 e. The Balaban J connectivity index is 2.29. The van der Waals surface area contributed by atoms with Crippen LogP contribution in [-0.4, -0.2) is 25.1 Å². The number of anilines is 1. The second-order valence-electron chi connectivity index (χ2n) is 3.42. The molecule has 2 aromatic heterocycles. The molecule has 0 atom stereocenters. The molecule has 0 aromatic carbocycles. The molecule has 0 unspecified atom stereocenters. The Labute approximate surface area is 98.8 Å². The molecule has 2 rings (SSSR count). The van der Waals surface area contributed by atoms with Gasteiger partial charge in [0.05, 0.1) is 17.4 Å². The van der Waals surface area contributed by atoms with Crippen molar-refractivity contribution in [2.24, 2.45) is 0 Å². The lowest BCUT2D eigenvalue weighted by Gasteiger charge is -2.05. The van der Waals surface area contributed by atoms with Gasteiger partial charge >= 0.3 is 0 Å². The van der Waals surface area contributed by atoms with Crippen molar-refractivity contribution in [1.82, 2.24) is 18.5 Å².